The van der Waals surface area contributed by atoms with E-state index >= 15 is 0 Å². The Morgan fingerprint density at radius 1 is 1.25 bits per heavy atom. The Bertz CT molecular complexity index is 592. The number of nitrogens with one attached hydrogen (secondary N) is 1. The standard InChI is InChI=1S/C12H16N6OS/c1-18(2)11-14-10(17-13)15-12(16-11)20-9-6-4-5-8(7-9)19-3/h4-7H,13H2,1-3H3,(H,14,15,16,17). The van der Waals surface area contributed by atoms with Crippen LogP contribution in [0.1, 0.15) is 0 Å². The number of methoxy groups -OCH3 is 1. The first kappa shape index (κ1) is 14.4. The van der Waals surface area contributed by atoms with Gasteiger partial charge in [-0.25, -0.2) is 5.84 Å². The van der Waals surface area contributed by atoms with Gasteiger partial charge in [0.15, 0.2) is 5.16 Å². The smallest absolute Gasteiger partial charge is 0.242 e. The van der Waals surface area contributed by atoms with Crippen LogP contribution in [-0.4, -0.2) is 36.2 Å². The lowest BCUT2D eigenvalue weighted by Crippen LogP contribution is -2.17. The van der Waals surface area contributed by atoms with Crippen LogP contribution in [0, 0.1) is 0 Å². The van der Waals surface area contributed by atoms with Gasteiger partial charge in [-0.05, 0) is 30.0 Å². The molecule has 0 atom stereocenters. The number of nitrogen functional groups attached to an aromatic ring is 1. The number of benzene rings is 1. The van der Waals surface area contributed by atoms with E-state index < -0.39 is 0 Å². The molecule has 0 aliphatic rings. The van der Waals surface area contributed by atoms with Crippen LogP contribution >= 0.6 is 11.8 Å². The fourth-order valence-corrected chi connectivity index (χ4v) is 2.22. The molecule has 0 saturated carbocycles. The first-order valence-electron chi connectivity index (χ1n) is 5.84. The van der Waals surface area contributed by atoms with Crippen LogP contribution in [-0.2, 0) is 0 Å². The van der Waals surface area contributed by atoms with Crippen LogP contribution in [0.4, 0.5) is 11.9 Å². The van der Waals surface area contributed by atoms with Gasteiger partial charge < -0.3 is 9.64 Å². The van der Waals surface area contributed by atoms with Gasteiger partial charge in [-0.1, -0.05) is 6.07 Å². The average Bonchev–Trinajstić information content (AvgIpc) is 2.47. The molecule has 0 radical (unpaired) electrons. The summed E-state index contributed by atoms with van der Waals surface area (Å²) in [7, 11) is 5.35. The van der Waals surface area contributed by atoms with Gasteiger partial charge in [0, 0.05) is 19.0 Å². The van der Waals surface area contributed by atoms with E-state index in [1.165, 1.54) is 11.8 Å². The molecule has 1 aromatic carbocycles. The third-order valence-electron chi connectivity index (χ3n) is 2.38. The molecule has 0 unspecified atom stereocenters. The van der Waals surface area contributed by atoms with Gasteiger partial charge in [0.05, 0.1) is 7.11 Å². The molecule has 2 aromatic rings. The Morgan fingerprint density at radius 2 is 2.05 bits per heavy atom. The number of nitrogens with two attached hydrogens (primary N) is 1. The largest absolute Gasteiger partial charge is 0.497 e. The number of hydrogen-bond acceptors (Lipinski definition) is 8. The molecular formula is C12H16N6OS. The van der Waals surface area contributed by atoms with Crippen LogP contribution < -0.4 is 20.9 Å². The minimum absolute atomic E-state index is 0.328. The summed E-state index contributed by atoms with van der Waals surface area (Å²) in [5.41, 5.74) is 2.44. The summed E-state index contributed by atoms with van der Waals surface area (Å²) in [4.78, 5) is 15.5. The molecule has 20 heavy (non-hydrogen) atoms. The van der Waals surface area contributed by atoms with Crippen molar-refractivity contribution in [3.8, 4) is 5.75 Å². The first-order chi connectivity index (χ1) is 9.62. The van der Waals surface area contributed by atoms with Crippen molar-refractivity contribution in [2.24, 2.45) is 5.84 Å². The lowest BCUT2D eigenvalue weighted by molar-refractivity contribution is 0.413. The van der Waals surface area contributed by atoms with E-state index in [0.29, 0.717) is 17.1 Å². The second kappa shape index (κ2) is 6.40. The number of nitrogens with zero attached hydrogens (tertiary/aromatic N) is 4. The second-order valence-electron chi connectivity index (χ2n) is 4.06. The molecule has 0 saturated heterocycles. The molecule has 1 aromatic heterocycles. The van der Waals surface area contributed by atoms with Gasteiger partial charge in [0.2, 0.25) is 11.9 Å². The zero-order valence-electron chi connectivity index (χ0n) is 11.5. The third-order valence-corrected chi connectivity index (χ3v) is 3.24. The van der Waals surface area contributed by atoms with Gasteiger partial charge in [-0.15, -0.1) is 0 Å². The molecule has 0 aliphatic carbocycles. The van der Waals surface area contributed by atoms with Gasteiger partial charge in [-0.3, -0.25) is 5.43 Å². The molecule has 0 fully saturated rings. The number of hydrogen-bond donors (Lipinski definition) is 2. The fourth-order valence-electron chi connectivity index (χ4n) is 1.43. The monoisotopic (exact) mass is 292 g/mol. The van der Waals surface area contributed by atoms with Crippen LogP contribution in [0.3, 0.4) is 0 Å². The summed E-state index contributed by atoms with van der Waals surface area (Å²) in [6, 6.07) is 7.67. The van der Waals surface area contributed by atoms with Crippen molar-refractivity contribution >= 4 is 23.7 Å². The molecule has 106 valence electrons. The van der Waals surface area contributed by atoms with E-state index in [9.17, 15) is 0 Å². The number of aromatic nitrogens is 3. The van der Waals surface area contributed by atoms with Crippen molar-refractivity contribution < 1.29 is 4.74 Å². The molecule has 3 N–H and O–H groups in total. The zero-order valence-corrected chi connectivity index (χ0v) is 12.3. The number of ether oxygens (including phenoxy) is 1. The highest BCUT2D eigenvalue weighted by Crippen LogP contribution is 2.28. The van der Waals surface area contributed by atoms with Crippen LogP contribution in [0.5, 0.6) is 5.75 Å². The zero-order chi connectivity index (χ0) is 14.5. The van der Waals surface area contributed by atoms with Gasteiger partial charge >= 0.3 is 0 Å². The topological polar surface area (TPSA) is 89.2 Å². The molecule has 0 spiro atoms. The van der Waals surface area contributed by atoms with Crippen molar-refractivity contribution in [2.45, 2.75) is 10.1 Å². The highest BCUT2D eigenvalue weighted by atomic mass is 32.2. The van der Waals surface area contributed by atoms with E-state index in [4.69, 9.17) is 10.6 Å². The summed E-state index contributed by atoms with van der Waals surface area (Å²) >= 11 is 1.41. The van der Waals surface area contributed by atoms with E-state index in [2.05, 4.69) is 20.4 Å². The number of hydrazine groups is 1. The number of rotatable bonds is 5. The maximum atomic E-state index is 5.38. The normalized spacial score (nSPS) is 10.2. The molecular weight excluding hydrogens is 276 g/mol. The molecule has 1 heterocycles. The minimum Gasteiger partial charge on any atom is -0.497 e. The predicted molar refractivity (Wildman–Crippen MR) is 79.1 cm³/mol. The van der Waals surface area contributed by atoms with E-state index in [-0.39, 0.29) is 0 Å². The summed E-state index contributed by atoms with van der Waals surface area (Å²) in [6.45, 7) is 0. The van der Waals surface area contributed by atoms with Crippen molar-refractivity contribution in [2.75, 3.05) is 31.5 Å². The second-order valence-corrected chi connectivity index (χ2v) is 5.10. The summed E-state index contributed by atoms with van der Waals surface area (Å²) in [5.74, 6) is 7.03. The van der Waals surface area contributed by atoms with Crippen LogP contribution in [0.15, 0.2) is 34.3 Å². The Labute approximate surface area is 121 Å². The first-order valence-corrected chi connectivity index (χ1v) is 6.66. The van der Waals surface area contributed by atoms with E-state index in [1.54, 1.807) is 12.0 Å². The van der Waals surface area contributed by atoms with Gasteiger partial charge in [0.25, 0.3) is 0 Å². The molecule has 7 nitrogen and oxygen atoms in total. The Hall–Kier alpha value is -2.06. The van der Waals surface area contributed by atoms with E-state index in [1.807, 2.05) is 38.4 Å². The predicted octanol–water partition coefficient (Wildman–Crippen LogP) is 1.38. The maximum absolute atomic E-state index is 5.38. The lowest BCUT2D eigenvalue weighted by Gasteiger charge is -2.12. The van der Waals surface area contributed by atoms with Crippen molar-refractivity contribution in [3.05, 3.63) is 24.3 Å². The molecule has 0 bridgehead atoms. The van der Waals surface area contributed by atoms with Crippen LogP contribution in [0.2, 0.25) is 0 Å². The lowest BCUT2D eigenvalue weighted by atomic mass is 10.3. The van der Waals surface area contributed by atoms with Crippen molar-refractivity contribution in [1.82, 2.24) is 15.0 Å². The molecule has 2 rings (SSSR count). The highest BCUT2D eigenvalue weighted by Gasteiger charge is 2.09. The highest BCUT2D eigenvalue weighted by molar-refractivity contribution is 7.99. The maximum Gasteiger partial charge on any atom is 0.242 e. The average molecular weight is 292 g/mol. The summed E-state index contributed by atoms with van der Waals surface area (Å²) < 4.78 is 5.19. The summed E-state index contributed by atoms with van der Waals surface area (Å²) in [5, 5.41) is 0.560. The SMILES string of the molecule is COc1cccc(Sc2nc(NN)nc(N(C)C)n2)c1. The van der Waals surface area contributed by atoms with Gasteiger partial charge in [0.1, 0.15) is 5.75 Å². The number of anilines is 2. The van der Waals surface area contributed by atoms with E-state index in [0.717, 1.165) is 10.6 Å². The minimum atomic E-state index is 0.328. The Morgan fingerprint density at radius 3 is 2.70 bits per heavy atom. The quantitative estimate of drug-likeness (QED) is 0.631. The summed E-state index contributed by atoms with van der Waals surface area (Å²) in [6.07, 6.45) is 0. The van der Waals surface area contributed by atoms with Gasteiger partial charge in [-0.2, -0.15) is 15.0 Å². The Kier molecular flexibility index (Phi) is 4.59. The fraction of sp³-hybridized carbons (Fsp3) is 0.250. The van der Waals surface area contributed by atoms with Crippen LogP contribution in [0.25, 0.3) is 0 Å². The molecule has 0 aliphatic heterocycles. The van der Waals surface area contributed by atoms with Crippen molar-refractivity contribution in [3.63, 3.8) is 0 Å². The third kappa shape index (κ3) is 3.49. The Balaban J connectivity index is 2.29. The van der Waals surface area contributed by atoms with Crippen molar-refractivity contribution in [1.29, 1.82) is 0 Å². The molecule has 0 amide bonds. The molecule has 8 heteroatoms.